The second-order valence-electron chi connectivity index (χ2n) is 3.81. The summed E-state index contributed by atoms with van der Waals surface area (Å²) in [6, 6.07) is 4.59. The van der Waals surface area contributed by atoms with Crippen LogP contribution >= 0.6 is 0 Å². The van der Waals surface area contributed by atoms with Crippen molar-refractivity contribution in [2.45, 2.75) is 13.3 Å². The molecule has 0 aliphatic rings. The lowest BCUT2D eigenvalue weighted by atomic mass is 10.3. The first-order valence-electron chi connectivity index (χ1n) is 5.98. The maximum absolute atomic E-state index is 12.2. The number of hydrogen-bond acceptors (Lipinski definition) is 4. The highest BCUT2D eigenvalue weighted by Gasteiger charge is 2.32. The highest BCUT2D eigenvalue weighted by Crippen LogP contribution is 2.29. The lowest BCUT2D eigenvalue weighted by Gasteiger charge is -2.14. The number of benzene rings is 1. The Morgan fingerprint density at radius 2 is 1.90 bits per heavy atom. The number of para-hydroxylation sites is 2. The summed E-state index contributed by atoms with van der Waals surface area (Å²) in [6.07, 6.45) is -4.83. The maximum atomic E-state index is 12.2. The zero-order valence-electron chi connectivity index (χ0n) is 11.1. The summed E-state index contributed by atoms with van der Waals surface area (Å²) in [7, 11) is 0. The first kappa shape index (κ1) is 16.6. The van der Waals surface area contributed by atoms with Gasteiger partial charge in [-0.3, -0.25) is 10.1 Å². The number of urea groups is 1. The number of anilines is 1. The van der Waals surface area contributed by atoms with Crippen molar-refractivity contribution in [1.82, 2.24) is 10.6 Å². The molecule has 116 valence electrons. The Morgan fingerprint density at radius 1 is 1.24 bits per heavy atom. The maximum Gasteiger partial charge on any atom is 0.573 e. The smallest absolute Gasteiger partial charge is 0.404 e. The largest absolute Gasteiger partial charge is 0.573 e. The Balaban J connectivity index is 2.59. The van der Waals surface area contributed by atoms with Crippen LogP contribution in [0.4, 0.5) is 23.7 Å². The third kappa shape index (κ3) is 6.50. The summed E-state index contributed by atoms with van der Waals surface area (Å²) in [5.74, 6) is -1.15. The van der Waals surface area contributed by atoms with E-state index in [1.807, 2.05) is 5.32 Å². The molecule has 0 aliphatic carbocycles. The number of alkyl halides is 3. The average molecular weight is 305 g/mol. The SMILES string of the molecule is CCNC(=O)NC(=O)CNc1ccccc1OC(F)(F)F. The molecule has 1 rings (SSSR count). The van der Waals surface area contributed by atoms with Crippen molar-refractivity contribution in [3.8, 4) is 5.75 Å². The Bertz CT molecular complexity index is 506. The van der Waals surface area contributed by atoms with E-state index >= 15 is 0 Å². The first-order valence-corrected chi connectivity index (χ1v) is 5.98. The molecule has 0 heterocycles. The minimum Gasteiger partial charge on any atom is -0.404 e. The van der Waals surface area contributed by atoms with Crippen LogP contribution in [-0.2, 0) is 4.79 Å². The van der Waals surface area contributed by atoms with E-state index in [1.165, 1.54) is 18.2 Å². The quantitative estimate of drug-likeness (QED) is 0.775. The van der Waals surface area contributed by atoms with Gasteiger partial charge in [-0.2, -0.15) is 0 Å². The molecule has 0 saturated carbocycles. The Hall–Kier alpha value is -2.45. The topological polar surface area (TPSA) is 79.5 Å². The number of imide groups is 1. The Kier molecular flexibility index (Phi) is 5.82. The van der Waals surface area contributed by atoms with Gasteiger partial charge >= 0.3 is 12.4 Å². The summed E-state index contributed by atoms with van der Waals surface area (Å²) in [5, 5.41) is 6.82. The summed E-state index contributed by atoms with van der Waals surface area (Å²) >= 11 is 0. The Morgan fingerprint density at radius 3 is 2.52 bits per heavy atom. The number of amides is 3. The summed E-state index contributed by atoms with van der Waals surface area (Å²) in [4.78, 5) is 22.5. The molecular formula is C12H14F3N3O3. The van der Waals surface area contributed by atoms with Crippen molar-refractivity contribution in [2.24, 2.45) is 0 Å². The molecule has 0 spiro atoms. The predicted molar refractivity (Wildman–Crippen MR) is 68.8 cm³/mol. The van der Waals surface area contributed by atoms with Crippen LogP contribution in [0.1, 0.15) is 6.92 Å². The molecule has 0 aromatic heterocycles. The molecule has 0 unspecified atom stereocenters. The highest BCUT2D eigenvalue weighted by atomic mass is 19.4. The van der Waals surface area contributed by atoms with Gasteiger partial charge in [-0.05, 0) is 19.1 Å². The molecule has 0 atom stereocenters. The molecule has 1 aromatic rings. The van der Waals surface area contributed by atoms with Crippen molar-refractivity contribution in [3.05, 3.63) is 24.3 Å². The zero-order valence-corrected chi connectivity index (χ0v) is 11.1. The van der Waals surface area contributed by atoms with Crippen LogP contribution in [0.2, 0.25) is 0 Å². The summed E-state index contributed by atoms with van der Waals surface area (Å²) in [5.41, 5.74) is -0.0131. The minimum absolute atomic E-state index is 0.0131. The molecule has 0 saturated heterocycles. The van der Waals surface area contributed by atoms with Crippen molar-refractivity contribution < 1.29 is 27.5 Å². The van der Waals surface area contributed by atoms with E-state index in [9.17, 15) is 22.8 Å². The van der Waals surface area contributed by atoms with Crippen LogP contribution in [-0.4, -0.2) is 31.4 Å². The van der Waals surface area contributed by atoms with Gasteiger partial charge in [0, 0.05) is 6.54 Å². The number of ether oxygens (including phenoxy) is 1. The molecule has 6 nitrogen and oxygen atoms in total. The third-order valence-electron chi connectivity index (χ3n) is 2.14. The predicted octanol–water partition coefficient (Wildman–Crippen LogP) is 1.84. The molecule has 0 bridgehead atoms. The van der Waals surface area contributed by atoms with Crippen molar-refractivity contribution in [3.63, 3.8) is 0 Å². The number of halogens is 3. The zero-order chi connectivity index (χ0) is 15.9. The second-order valence-corrected chi connectivity index (χ2v) is 3.81. The van der Waals surface area contributed by atoms with Gasteiger partial charge in [-0.25, -0.2) is 4.79 Å². The van der Waals surface area contributed by atoms with E-state index in [2.05, 4.69) is 15.4 Å². The highest BCUT2D eigenvalue weighted by molar-refractivity contribution is 5.96. The minimum atomic E-state index is -4.83. The van der Waals surface area contributed by atoms with Crippen molar-refractivity contribution in [2.75, 3.05) is 18.4 Å². The van der Waals surface area contributed by atoms with E-state index in [1.54, 1.807) is 6.92 Å². The second kappa shape index (κ2) is 7.36. The van der Waals surface area contributed by atoms with Crippen LogP contribution in [0.15, 0.2) is 24.3 Å². The van der Waals surface area contributed by atoms with E-state index in [0.717, 1.165) is 6.07 Å². The molecule has 1 aromatic carbocycles. The van der Waals surface area contributed by atoms with Gasteiger partial charge in [0.1, 0.15) is 0 Å². The number of carbonyl (C=O) groups excluding carboxylic acids is 2. The van der Waals surface area contributed by atoms with Gasteiger partial charge < -0.3 is 15.4 Å². The standard InChI is InChI=1S/C12H14F3N3O3/c1-2-16-11(20)18-10(19)7-17-8-5-3-4-6-9(8)21-12(13,14)15/h3-6,17H,2,7H2,1H3,(H2,16,18,19,20). The van der Waals surface area contributed by atoms with Crippen LogP contribution in [0.25, 0.3) is 0 Å². The average Bonchev–Trinajstić information content (AvgIpc) is 2.36. The van der Waals surface area contributed by atoms with Gasteiger partial charge in [-0.15, -0.1) is 13.2 Å². The molecule has 3 amide bonds. The van der Waals surface area contributed by atoms with Crippen molar-refractivity contribution in [1.29, 1.82) is 0 Å². The van der Waals surface area contributed by atoms with E-state index in [4.69, 9.17) is 0 Å². The van der Waals surface area contributed by atoms with Crippen molar-refractivity contribution >= 4 is 17.6 Å². The van der Waals surface area contributed by atoms with E-state index in [-0.39, 0.29) is 12.2 Å². The van der Waals surface area contributed by atoms with Crippen LogP contribution in [0, 0.1) is 0 Å². The number of rotatable bonds is 5. The Labute approximate surface area is 118 Å². The fourth-order valence-electron chi connectivity index (χ4n) is 1.38. The number of hydrogen-bond donors (Lipinski definition) is 3. The van der Waals surface area contributed by atoms with Gasteiger partial charge in [-0.1, -0.05) is 12.1 Å². The van der Waals surface area contributed by atoms with Crippen LogP contribution < -0.4 is 20.7 Å². The van der Waals surface area contributed by atoms with E-state index < -0.39 is 24.1 Å². The molecule has 0 radical (unpaired) electrons. The lowest BCUT2D eigenvalue weighted by Crippen LogP contribution is -2.41. The first-order chi connectivity index (χ1) is 9.81. The van der Waals surface area contributed by atoms with Gasteiger partial charge in [0.25, 0.3) is 0 Å². The van der Waals surface area contributed by atoms with E-state index in [0.29, 0.717) is 6.54 Å². The fourth-order valence-corrected chi connectivity index (χ4v) is 1.38. The molecule has 9 heteroatoms. The molecule has 3 N–H and O–H groups in total. The summed E-state index contributed by atoms with van der Waals surface area (Å²) in [6.45, 7) is 1.64. The number of nitrogens with one attached hydrogen (secondary N) is 3. The van der Waals surface area contributed by atoms with Gasteiger partial charge in [0.05, 0.1) is 12.2 Å². The third-order valence-corrected chi connectivity index (χ3v) is 2.14. The summed E-state index contributed by atoms with van der Waals surface area (Å²) < 4.78 is 40.4. The fraction of sp³-hybridized carbons (Fsp3) is 0.333. The molecule has 0 fully saturated rings. The lowest BCUT2D eigenvalue weighted by molar-refractivity contribution is -0.274. The van der Waals surface area contributed by atoms with Crippen LogP contribution in [0.5, 0.6) is 5.75 Å². The molecular weight excluding hydrogens is 291 g/mol. The normalized spacial score (nSPS) is 10.7. The molecule has 21 heavy (non-hydrogen) atoms. The number of carbonyl (C=O) groups is 2. The monoisotopic (exact) mass is 305 g/mol. The van der Waals surface area contributed by atoms with Gasteiger partial charge in [0.15, 0.2) is 5.75 Å². The van der Waals surface area contributed by atoms with Gasteiger partial charge in [0.2, 0.25) is 5.91 Å². The molecule has 0 aliphatic heterocycles. The van der Waals surface area contributed by atoms with Crippen LogP contribution in [0.3, 0.4) is 0 Å².